The quantitative estimate of drug-likeness (QED) is 0.309. The summed E-state index contributed by atoms with van der Waals surface area (Å²) in [4.78, 5) is 50.9. The number of carbonyl (C=O) groups is 4. The molecule has 1 N–H and O–H groups in total. The molecule has 12 heteroatoms. The second-order valence-corrected chi connectivity index (χ2v) is 10.5. The number of imide groups is 1. The maximum Gasteiger partial charge on any atom is 0.416 e. The largest absolute Gasteiger partial charge is 0.456 e. The summed E-state index contributed by atoms with van der Waals surface area (Å²) in [6.07, 6.45) is -4.03. The Balaban J connectivity index is 1.25. The third-order valence-electron chi connectivity index (χ3n) is 6.46. The maximum atomic E-state index is 12.8. The Morgan fingerprint density at radius 2 is 1.70 bits per heavy atom. The average Bonchev–Trinajstić information content (AvgIpc) is 3.35. The van der Waals surface area contributed by atoms with E-state index < -0.39 is 30.2 Å². The predicted molar refractivity (Wildman–Crippen MR) is 116 cm³/mol. The van der Waals surface area contributed by atoms with Crippen LogP contribution in [0.15, 0.2) is 24.3 Å². The minimum absolute atomic E-state index is 0.0670. The van der Waals surface area contributed by atoms with Gasteiger partial charge in [-0.05, 0) is 36.5 Å². The van der Waals surface area contributed by atoms with Gasteiger partial charge in [-0.1, -0.05) is 37.9 Å². The van der Waals surface area contributed by atoms with Crippen LogP contribution < -0.4 is 5.32 Å². The number of carbonyl (C=O) groups excluding carboxylic acids is 4. The molecule has 4 rings (SSSR count). The predicted octanol–water partition coefficient (Wildman–Crippen LogP) is 3.36. The SMILES string of the molecule is O=C(COC(=O)CCN1C(=O)[C@@H]2[C@H]3C[C@@H]([C@H](Br)[C@H]3Br)[C@@H]2C1=O)Nc1cccc(C(F)(F)F)c1. The van der Waals surface area contributed by atoms with Crippen LogP contribution in [0.2, 0.25) is 0 Å². The van der Waals surface area contributed by atoms with E-state index in [0.29, 0.717) is 0 Å². The van der Waals surface area contributed by atoms with E-state index in [1.54, 1.807) is 0 Å². The molecule has 1 aliphatic heterocycles. The second-order valence-electron chi connectivity index (χ2n) is 8.37. The molecule has 1 heterocycles. The highest BCUT2D eigenvalue weighted by Gasteiger charge is 2.66. The Labute approximate surface area is 203 Å². The molecule has 6 atom stereocenters. The summed E-state index contributed by atoms with van der Waals surface area (Å²) in [6, 6.07) is 4.06. The molecule has 178 valence electrons. The van der Waals surface area contributed by atoms with Crippen LogP contribution in [0.25, 0.3) is 0 Å². The summed E-state index contributed by atoms with van der Waals surface area (Å²) in [7, 11) is 0. The molecular formula is C21H19Br2F3N2O5. The van der Waals surface area contributed by atoms with Crippen molar-refractivity contribution in [2.24, 2.45) is 23.7 Å². The van der Waals surface area contributed by atoms with Crippen LogP contribution >= 0.6 is 31.9 Å². The van der Waals surface area contributed by atoms with Gasteiger partial charge in [-0.15, -0.1) is 0 Å². The highest BCUT2D eigenvalue weighted by Crippen LogP contribution is 2.60. The molecule has 0 radical (unpaired) electrons. The highest BCUT2D eigenvalue weighted by atomic mass is 79.9. The first kappa shape index (κ1) is 24.2. The van der Waals surface area contributed by atoms with Gasteiger partial charge in [0.1, 0.15) is 0 Å². The van der Waals surface area contributed by atoms with Gasteiger partial charge in [-0.2, -0.15) is 13.2 Å². The van der Waals surface area contributed by atoms with Crippen molar-refractivity contribution in [3.63, 3.8) is 0 Å². The molecule has 1 saturated heterocycles. The van der Waals surface area contributed by atoms with Crippen molar-refractivity contribution in [3.8, 4) is 0 Å². The Kier molecular flexibility index (Phi) is 6.60. The van der Waals surface area contributed by atoms with Gasteiger partial charge in [0, 0.05) is 21.9 Å². The number of anilines is 1. The number of ether oxygens (including phenoxy) is 1. The van der Waals surface area contributed by atoms with E-state index in [-0.39, 0.29) is 63.8 Å². The second kappa shape index (κ2) is 9.01. The molecule has 1 aromatic rings. The Morgan fingerprint density at radius 3 is 2.27 bits per heavy atom. The maximum absolute atomic E-state index is 12.8. The van der Waals surface area contributed by atoms with Crippen LogP contribution in [0.3, 0.4) is 0 Å². The van der Waals surface area contributed by atoms with E-state index in [1.807, 2.05) is 0 Å². The molecule has 2 bridgehead atoms. The van der Waals surface area contributed by atoms with Crippen LogP contribution in [0, 0.1) is 23.7 Å². The number of rotatable bonds is 6. The summed E-state index contributed by atoms with van der Waals surface area (Å²) in [5, 5.41) is 2.23. The van der Waals surface area contributed by atoms with E-state index in [1.165, 1.54) is 6.07 Å². The number of nitrogens with one attached hydrogen (secondary N) is 1. The summed E-state index contributed by atoms with van der Waals surface area (Å²) in [5.41, 5.74) is -1.01. The molecule has 2 aliphatic carbocycles. The van der Waals surface area contributed by atoms with Crippen molar-refractivity contribution in [1.29, 1.82) is 0 Å². The fourth-order valence-corrected chi connectivity index (χ4v) is 6.90. The number of hydrogen-bond donors (Lipinski definition) is 1. The summed E-state index contributed by atoms with van der Waals surface area (Å²) < 4.78 is 43.1. The van der Waals surface area contributed by atoms with Crippen LogP contribution in [-0.4, -0.2) is 51.4 Å². The van der Waals surface area contributed by atoms with Gasteiger partial charge in [-0.25, -0.2) is 0 Å². The van der Waals surface area contributed by atoms with Crippen LogP contribution in [-0.2, 0) is 30.1 Å². The van der Waals surface area contributed by atoms with Gasteiger partial charge in [0.2, 0.25) is 11.8 Å². The number of alkyl halides is 5. The fourth-order valence-electron chi connectivity index (χ4n) is 5.02. The number of fused-ring (bicyclic) bond motifs is 5. The van der Waals surface area contributed by atoms with Crippen molar-refractivity contribution in [1.82, 2.24) is 4.90 Å². The van der Waals surface area contributed by atoms with Crippen molar-refractivity contribution in [3.05, 3.63) is 29.8 Å². The zero-order chi connectivity index (χ0) is 24.1. The zero-order valence-corrected chi connectivity index (χ0v) is 20.2. The van der Waals surface area contributed by atoms with Gasteiger partial charge in [0.05, 0.1) is 23.8 Å². The fraction of sp³-hybridized carbons (Fsp3) is 0.524. The molecule has 0 unspecified atom stereocenters. The first-order valence-electron chi connectivity index (χ1n) is 10.2. The van der Waals surface area contributed by atoms with Gasteiger partial charge < -0.3 is 10.1 Å². The Bertz CT molecular complexity index is 972. The van der Waals surface area contributed by atoms with Crippen molar-refractivity contribution >= 4 is 61.2 Å². The van der Waals surface area contributed by atoms with Gasteiger partial charge >= 0.3 is 12.1 Å². The van der Waals surface area contributed by atoms with Crippen molar-refractivity contribution < 1.29 is 37.1 Å². The van der Waals surface area contributed by atoms with Crippen LogP contribution in [0.5, 0.6) is 0 Å². The van der Waals surface area contributed by atoms with E-state index in [9.17, 15) is 32.3 Å². The molecule has 1 aromatic carbocycles. The van der Waals surface area contributed by atoms with E-state index in [0.717, 1.165) is 29.5 Å². The number of halogens is 5. The molecule has 3 amide bonds. The number of benzene rings is 1. The average molecular weight is 596 g/mol. The van der Waals surface area contributed by atoms with Gasteiger partial charge in [0.25, 0.3) is 5.91 Å². The van der Waals surface area contributed by atoms with Gasteiger partial charge in [0.15, 0.2) is 6.61 Å². The molecule has 0 aromatic heterocycles. The molecule has 3 aliphatic rings. The number of likely N-dealkylation sites (tertiary alicyclic amines) is 1. The first-order valence-corrected chi connectivity index (χ1v) is 12.1. The van der Waals surface area contributed by atoms with Crippen LogP contribution in [0.1, 0.15) is 18.4 Å². The Hall–Kier alpha value is -1.95. The van der Waals surface area contributed by atoms with Crippen molar-refractivity contribution in [2.45, 2.75) is 28.7 Å². The molecule has 2 saturated carbocycles. The zero-order valence-electron chi connectivity index (χ0n) is 17.0. The smallest absolute Gasteiger partial charge is 0.416 e. The highest BCUT2D eigenvalue weighted by molar-refractivity contribution is 9.12. The summed E-state index contributed by atoms with van der Waals surface area (Å²) >= 11 is 7.20. The number of nitrogens with zero attached hydrogens (tertiary/aromatic N) is 1. The Morgan fingerprint density at radius 1 is 1.09 bits per heavy atom. The number of esters is 1. The number of hydrogen-bond acceptors (Lipinski definition) is 5. The van der Waals surface area contributed by atoms with Gasteiger partial charge in [-0.3, -0.25) is 24.1 Å². The molecule has 33 heavy (non-hydrogen) atoms. The topological polar surface area (TPSA) is 92.8 Å². The lowest BCUT2D eigenvalue weighted by Gasteiger charge is -2.28. The lowest BCUT2D eigenvalue weighted by Crippen LogP contribution is -2.37. The molecule has 0 spiro atoms. The number of amides is 3. The monoisotopic (exact) mass is 594 g/mol. The third-order valence-corrected chi connectivity index (χ3v) is 9.66. The molecule has 7 nitrogen and oxygen atoms in total. The summed E-state index contributed by atoms with van der Waals surface area (Å²) in [6.45, 7) is -0.846. The van der Waals surface area contributed by atoms with Crippen LogP contribution in [0.4, 0.5) is 18.9 Å². The standard InChI is InChI=1S/C21H19Br2F3N2O5/c22-17-11-7-12(18(17)23)16-15(11)19(31)28(20(16)32)5-4-14(30)33-8-13(29)27-10-3-1-2-9(6-10)21(24,25)26/h1-3,6,11-12,15-18H,4-5,7-8H2,(H,27,29)/t11-,12-,15-,16+,17+,18+/m1/s1. The van der Waals surface area contributed by atoms with E-state index >= 15 is 0 Å². The van der Waals surface area contributed by atoms with Crippen molar-refractivity contribution in [2.75, 3.05) is 18.5 Å². The molecular weight excluding hydrogens is 577 g/mol. The van der Waals surface area contributed by atoms with E-state index in [4.69, 9.17) is 4.74 Å². The minimum Gasteiger partial charge on any atom is -0.456 e. The minimum atomic E-state index is -4.56. The molecule has 3 fully saturated rings. The first-order chi connectivity index (χ1) is 15.5. The summed E-state index contributed by atoms with van der Waals surface area (Å²) in [5.74, 6) is -2.80. The third kappa shape index (κ3) is 4.55. The normalized spacial score (nSPS) is 30.5. The lowest BCUT2D eigenvalue weighted by molar-refractivity contribution is -0.149. The van der Waals surface area contributed by atoms with E-state index in [2.05, 4.69) is 37.2 Å². The lowest BCUT2D eigenvalue weighted by atomic mass is 9.81.